The van der Waals surface area contributed by atoms with E-state index in [-0.39, 0.29) is 16.3 Å². The predicted molar refractivity (Wildman–Crippen MR) is 77.9 cm³/mol. The van der Waals surface area contributed by atoms with Crippen molar-refractivity contribution in [3.8, 4) is 0 Å². The smallest absolute Gasteiger partial charge is 0.252 e. The maximum absolute atomic E-state index is 13.3. The van der Waals surface area contributed by atoms with Crippen LogP contribution < -0.4 is 10.2 Å². The second-order valence-electron chi connectivity index (χ2n) is 5.31. The standard InChI is InChI=1S/C14H16BrFN2O2/c1-4-11-12(19)17-14(2,3)13(20)18(11)8-5-6-10(16)9(15)7-8/h5-7,11H,4H2,1-3H3,(H,17,19). The molecule has 0 aromatic heterocycles. The molecule has 0 saturated carbocycles. The molecule has 1 fully saturated rings. The normalized spacial score (nSPS) is 21.9. The fraction of sp³-hybridized carbons (Fsp3) is 0.429. The molecule has 0 radical (unpaired) electrons. The lowest BCUT2D eigenvalue weighted by Crippen LogP contribution is -2.68. The number of benzene rings is 1. The topological polar surface area (TPSA) is 49.4 Å². The maximum atomic E-state index is 13.3. The van der Waals surface area contributed by atoms with Crippen molar-refractivity contribution in [2.75, 3.05) is 4.90 Å². The minimum atomic E-state index is -0.969. The van der Waals surface area contributed by atoms with Crippen molar-refractivity contribution in [2.24, 2.45) is 0 Å². The second-order valence-corrected chi connectivity index (χ2v) is 6.17. The molecule has 2 amide bonds. The molecule has 0 bridgehead atoms. The van der Waals surface area contributed by atoms with E-state index in [1.807, 2.05) is 6.92 Å². The highest BCUT2D eigenvalue weighted by molar-refractivity contribution is 9.10. The van der Waals surface area contributed by atoms with Crippen LogP contribution in [0.1, 0.15) is 27.2 Å². The molecule has 1 aromatic rings. The van der Waals surface area contributed by atoms with Crippen LogP contribution in [0.3, 0.4) is 0 Å². The van der Waals surface area contributed by atoms with Crippen LogP contribution in [0.25, 0.3) is 0 Å². The second kappa shape index (κ2) is 5.16. The number of carbonyl (C=O) groups excluding carboxylic acids is 2. The summed E-state index contributed by atoms with van der Waals surface area (Å²) in [4.78, 5) is 26.1. The van der Waals surface area contributed by atoms with E-state index in [1.54, 1.807) is 13.8 Å². The van der Waals surface area contributed by atoms with E-state index in [2.05, 4.69) is 21.2 Å². The minimum absolute atomic E-state index is 0.197. The van der Waals surface area contributed by atoms with Gasteiger partial charge in [0.05, 0.1) is 4.47 Å². The summed E-state index contributed by atoms with van der Waals surface area (Å²) in [7, 11) is 0. The monoisotopic (exact) mass is 342 g/mol. The zero-order valence-electron chi connectivity index (χ0n) is 11.5. The predicted octanol–water partition coefficient (Wildman–Crippen LogP) is 2.61. The minimum Gasteiger partial charge on any atom is -0.340 e. The van der Waals surface area contributed by atoms with E-state index < -0.39 is 17.4 Å². The summed E-state index contributed by atoms with van der Waals surface area (Å²) >= 11 is 3.10. The highest BCUT2D eigenvalue weighted by Crippen LogP contribution is 2.29. The first-order valence-electron chi connectivity index (χ1n) is 6.38. The first-order valence-corrected chi connectivity index (χ1v) is 7.18. The summed E-state index contributed by atoms with van der Waals surface area (Å²) < 4.78 is 13.6. The molecule has 1 saturated heterocycles. The summed E-state index contributed by atoms with van der Waals surface area (Å²) in [6.07, 6.45) is 0.489. The van der Waals surface area contributed by atoms with Crippen LogP contribution in [0.15, 0.2) is 22.7 Å². The highest BCUT2D eigenvalue weighted by Gasteiger charge is 2.45. The van der Waals surface area contributed by atoms with Gasteiger partial charge in [0.15, 0.2) is 0 Å². The molecule has 1 aromatic carbocycles. The van der Waals surface area contributed by atoms with Crippen molar-refractivity contribution in [3.63, 3.8) is 0 Å². The van der Waals surface area contributed by atoms with Gasteiger partial charge >= 0.3 is 0 Å². The number of carbonyl (C=O) groups is 2. The molecule has 0 spiro atoms. The Morgan fingerprint density at radius 3 is 2.60 bits per heavy atom. The van der Waals surface area contributed by atoms with E-state index in [9.17, 15) is 14.0 Å². The van der Waals surface area contributed by atoms with Crippen LogP contribution in [0.4, 0.5) is 10.1 Å². The van der Waals surface area contributed by atoms with Gasteiger partial charge in [-0.3, -0.25) is 14.5 Å². The molecule has 1 unspecified atom stereocenters. The third-order valence-electron chi connectivity index (χ3n) is 3.37. The SMILES string of the molecule is CCC1C(=O)NC(C)(C)C(=O)N1c1ccc(F)c(Br)c1. The molecule has 4 nitrogen and oxygen atoms in total. The van der Waals surface area contributed by atoms with Crippen molar-refractivity contribution in [3.05, 3.63) is 28.5 Å². The van der Waals surface area contributed by atoms with Gasteiger partial charge in [0, 0.05) is 5.69 Å². The average molecular weight is 343 g/mol. The van der Waals surface area contributed by atoms with Gasteiger partial charge in [0.2, 0.25) is 5.91 Å². The number of anilines is 1. The maximum Gasteiger partial charge on any atom is 0.252 e. The lowest BCUT2D eigenvalue weighted by atomic mass is 9.95. The van der Waals surface area contributed by atoms with E-state index in [0.717, 1.165) is 0 Å². The molecule has 1 aliphatic rings. The van der Waals surface area contributed by atoms with Gasteiger partial charge in [-0.2, -0.15) is 0 Å². The van der Waals surface area contributed by atoms with Crippen molar-refractivity contribution < 1.29 is 14.0 Å². The van der Waals surface area contributed by atoms with E-state index in [1.165, 1.54) is 23.1 Å². The molecular formula is C14H16BrFN2O2. The molecule has 2 rings (SSSR count). The van der Waals surface area contributed by atoms with Crippen LogP contribution in [-0.2, 0) is 9.59 Å². The van der Waals surface area contributed by atoms with Crippen LogP contribution >= 0.6 is 15.9 Å². The summed E-state index contributed by atoms with van der Waals surface area (Å²) in [5.74, 6) is -0.810. The fourth-order valence-corrected chi connectivity index (χ4v) is 2.67. The van der Waals surface area contributed by atoms with Gasteiger partial charge in [-0.05, 0) is 54.4 Å². The van der Waals surface area contributed by atoms with Crippen LogP contribution in [-0.4, -0.2) is 23.4 Å². The molecular weight excluding hydrogens is 327 g/mol. The molecule has 0 aliphatic carbocycles. The van der Waals surface area contributed by atoms with Gasteiger partial charge < -0.3 is 5.32 Å². The van der Waals surface area contributed by atoms with Crippen molar-refractivity contribution in [1.29, 1.82) is 0 Å². The van der Waals surface area contributed by atoms with Crippen molar-refractivity contribution >= 4 is 33.4 Å². The molecule has 6 heteroatoms. The third kappa shape index (κ3) is 2.44. The average Bonchev–Trinajstić information content (AvgIpc) is 2.36. The summed E-state index contributed by atoms with van der Waals surface area (Å²) in [5.41, 5.74) is -0.457. The molecule has 1 atom stereocenters. The molecule has 20 heavy (non-hydrogen) atoms. The number of amides is 2. The van der Waals surface area contributed by atoms with Gasteiger partial charge in [-0.25, -0.2) is 4.39 Å². The van der Waals surface area contributed by atoms with Crippen molar-refractivity contribution in [2.45, 2.75) is 38.8 Å². The van der Waals surface area contributed by atoms with Crippen LogP contribution in [0, 0.1) is 5.82 Å². The number of hydrogen-bond donors (Lipinski definition) is 1. The Morgan fingerprint density at radius 1 is 1.40 bits per heavy atom. The first kappa shape index (κ1) is 15.0. The Morgan fingerprint density at radius 2 is 2.05 bits per heavy atom. The van der Waals surface area contributed by atoms with Gasteiger partial charge in [-0.1, -0.05) is 6.92 Å². The number of piperazine rings is 1. The Kier molecular flexibility index (Phi) is 3.86. The first-order chi connectivity index (χ1) is 9.27. The quantitative estimate of drug-likeness (QED) is 0.898. The van der Waals surface area contributed by atoms with Crippen molar-refractivity contribution in [1.82, 2.24) is 5.32 Å². The third-order valence-corrected chi connectivity index (χ3v) is 3.98. The Labute approximate surface area is 125 Å². The van der Waals surface area contributed by atoms with E-state index in [4.69, 9.17) is 0 Å². The van der Waals surface area contributed by atoms with Gasteiger partial charge in [0.25, 0.3) is 5.91 Å². The summed E-state index contributed by atoms with van der Waals surface area (Å²) in [6.45, 7) is 5.15. The molecule has 1 aliphatic heterocycles. The summed E-state index contributed by atoms with van der Waals surface area (Å²) in [5, 5.41) is 2.72. The Balaban J connectivity index is 2.51. The Bertz CT molecular complexity index is 574. The van der Waals surface area contributed by atoms with Crippen LogP contribution in [0.5, 0.6) is 0 Å². The number of hydrogen-bond acceptors (Lipinski definition) is 2. The van der Waals surface area contributed by atoms with Crippen LogP contribution in [0.2, 0.25) is 0 Å². The van der Waals surface area contributed by atoms with E-state index >= 15 is 0 Å². The number of rotatable bonds is 2. The lowest BCUT2D eigenvalue weighted by Gasteiger charge is -2.42. The fourth-order valence-electron chi connectivity index (χ4n) is 2.30. The highest BCUT2D eigenvalue weighted by atomic mass is 79.9. The molecule has 108 valence electrons. The molecule has 1 N–H and O–H groups in total. The Hall–Kier alpha value is -1.43. The zero-order chi connectivity index (χ0) is 15.1. The van der Waals surface area contributed by atoms with Gasteiger partial charge in [0.1, 0.15) is 17.4 Å². The summed E-state index contributed by atoms with van der Waals surface area (Å²) in [6, 6.07) is 3.73. The van der Waals surface area contributed by atoms with E-state index in [0.29, 0.717) is 12.1 Å². The molecule has 1 heterocycles. The number of nitrogens with one attached hydrogen (secondary N) is 1. The largest absolute Gasteiger partial charge is 0.340 e. The lowest BCUT2D eigenvalue weighted by molar-refractivity contribution is -0.137. The number of halogens is 2. The van der Waals surface area contributed by atoms with Gasteiger partial charge in [-0.15, -0.1) is 0 Å². The number of nitrogens with zero attached hydrogens (tertiary/aromatic N) is 1. The zero-order valence-corrected chi connectivity index (χ0v) is 13.1.